The van der Waals surface area contributed by atoms with Gasteiger partial charge < -0.3 is 10.2 Å². The smallest absolute Gasteiger partial charge is 0.340 e. The van der Waals surface area contributed by atoms with Crippen LogP contribution in [-0.2, 0) is 6.42 Å². The summed E-state index contributed by atoms with van der Waals surface area (Å²) < 4.78 is 5.36. The summed E-state index contributed by atoms with van der Waals surface area (Å²) in [6.07, 6.45) is 0.377. The van der Waals surface area contributed by atoms with Crippen LogP contribution in [0.15, 0.2) is 45.6 Å². The molecule has 0 fully saturated rings. The van der Waals surface area contributed by atoms with Crippen LogP contribution in [0.4, 0.5) is 5.82 Å². The molecule has 0 aliphatic carbocycles. The van der Waals surface area contributed by atoms with Crippen molar-refractivity contribution in [2.24, 2.45) is 0 Å². The highest BCUT2D eigenvalue weighted by Gasteiger charge is 2.13. The van der Waals surface area contributed by atoms with Crippen LogP contribution < -0.4 is 11.4 Å². The van der Waals surface area contributed by atoms with Crippen LogP contribution in [0, 0.1) is 6.92 Å². The Morgan fingerprint density at radius 3 is 2.86 bits per heavy atom. The molecule has 2 heterocycles. The monoisotopic (exact) mass is 300 g/mol. The van der Waals surface area contributed by atoms with Crippen molar-refractivity contribution in [2.45, 2.75) is 13.3 Å². The number of rotatable bonds is 2. The number of hydrogen-bond acceptors (Lipinski definition) is 4. The molecule has 0 saturated carbocycles. The summed E-state index contributed by atoms with van der Waals surface area (Å²) in [5.41, 5.74) is 8.00. The Labute approximate surface area is 126 Å². The first kappa shape index (κ1) is 13.6. The average molecular weight is 301 g/mol. The van der Waals surface area contributed by atoms with Crippen molar-refractivity contribution in [3.8, 4) is 0 Å². The normalized spacial score (nSPS) is 11.0. The summed E-state index contributed by atoms with van der Waals surface area (Å²) in [4.78, 5) is 16.4. The third kappa shape index (κ3) is 2.62. The number of nitrogens with zero attached hydrogens (tertiary/aromatic N) is 1. The molecule has 0 bridgehead atoms. The molecule has 0 saturated heterocycles. The Hall–Kier alpha value is -2.33. The van der Waals surface area contributed by atoms with Gasteiger partial charge in [-0.2, -0.15) is 0 Å². The average Bonchev–Trinajstić information content (AvgIpc) is 2.45. The van der Waals surface area contributed by atoms with Crippen LogP contribution in [0.25, 0.3) is 11.0 Å². The predicted octanol–water partition coefficient (Wildman–Crippen LogP) is 3.32. The van der Waals surface area contributed by atoms with E-state index in [9.17, 15) is 4.79 Å². The molecule has 0 radical (unpaired) electrons. The minimum atomic E-state index is -0.355. The van der Waals surface area contributed by atoms with E-state index in [2.05, 4.69) is 4.98 Å². The van der Waals surface area contributed by atoms with Crippen LogP contribution >= 0.6 is 11.6 Å². The highest BCUT2D eigenvalue weighted by molar-refractivity contribution is 6.31. The number of halogens is 1. The van der Waals surface area contributed by atoms with E-state index in [-0.39, 0.29) is 5.63 Å². The molecule has 1 aromatic carbocycles. The fourth-order valence-electron chi connectivity index (χ4n) is 2.34. The van der Waals surface area contributed by atoms with Crippen molar-refractivity contribution >= 4 is 28.4 Å². The molecule has 0 aliphatic rings. The maximum absolute atomic E-state index is 12.2. The lowest BCUT2D eigenvalue weighted by Crippen LogP contribution is -2.11. The maximum atomic E-state index is 12.2. The standard InChI is InChI=1S/C16H13ClN2O2/c1-9-12-7-10(17)5-6-14(12)21-16(20)13(9)8-11-3-2-4-15(18)19-11/h2-7H,8H2,1H3,(H2,18,19). The molecule has 21 heavy (non-hydrogen) atoms. The Balaban J connectivity index is 2.16. The number of aryl methyl sites for hydroxylation is 1. The van der Waals surface area contributed by atoms with Crippen molar-refractivity contribution in [1.82, 2.24) is 4.98 Å². The summed E-state index contributed by atoms with van der Waals surface area (Å²) in [6.45, 7) is 1.89. The van der Waals surface area contributed by atoms with Gasteiger partial charge >= 0.3 is 5.63 Å². The van der Waals surface area contributed by atoms with Gasteiger partial charge in [-0.25, -0.2) is 9.78 Å². The van der Waals surface area contributed by atoms with Gasteiger partial charge in [-0.3, -0.25) is 0 Å². The molecule has 0 amide bonds. The van der Waals surface area contributed by atoms with Crippen LogP contribution in [0.1, 0.15) is 16.8 Å². The number of fused-ring (bicyclic) bond motifs is 1. The van der Waals surface area contributed by atoms with Crippen LogP contribution in [0.3, 0.4) is 0 Å². The molecule has 5 heteroatoms. The molecule has 3 rings (SSSR count). The molecule has 0 atom stereocenters. The Morgan fingerprint density at radius 2 is 2.10 bits per heavy atom. The van der Waals surface area contributed by atoms with Crippen LogP contribution in [-0.4, -0.2) is 4.98 Å². The van der Waals surface area contributed by atoms with E-state index >= 15 is 0 Å². The zero-order chi connectivity index (χ0) is 15.0. The lowest BCUT2D eigenvalue weighted by atomic mass is 10.0. The first-order valence-electron chi connectivity index (χ1n) is 6.48. The SMILES string of the molecule is Cc1c(Cc2cccc(N)n2)c(=O)oc2ccc(Cl)cc12. The quantitative estimate of drug-likeness (QED) is 0.737. The van der Waals surface area contributed by atoms with Gasteiger partial charge in [-0.1, -0.05) is 17.7 Å². The Morgan fingerprint density at radius 1 is 1.29 bits per heavy atom. The fourth-order valence-corrected chi connectivity index (χ4v) is 2.52. The lowest BCUT2D eigenvalue weighted by Gasteiger charge is -2.08. The highest BCUT2D eigenvalue weighted by atomic mass is 35.5. The maximum Gasteiger partial charge on any atom is 0.340 e. The van der Waals surface area contributed by atoms with Gasteiger partial charge in [-0.05, 0) is 42.8 Å². The van der Waals surface area contributed by atoms with Crippen molar-refractivity contribution < 1.29 is 4.42 Å². The Kier molecular flexibility index (Phi) is 3.39. The summed E-state index contributed by atoms with van der Waals surface area (Å²) in [5.74, 6) is 0.429. The first-order chi connectivity index (χ1) is 10.0. The molecule has 4 nitrogen and oxygen atoms in total. The predicted molar refractivity (Wildman–Crippen MR) is 83.7 cm³/mol. The molecule has 0 unspecified atom stereocenters. The number of nitrogens with two attached hydrogens (primary N) is 1. The molecule has 3 aromatic rings. The molecule has 2 N–H and O–H groups in total. The van der Waals surface area contributed by atoms with E-state index in [4.69, 9.17) is 21.8 Å². The molecule has 0 spiro atoms. The second kappa shape index (κ2) is 5.22. The van der Waals surface area contributed by atoms with E-state index in [1.807, 2.05) is 19.1 Å². The van der Waals surface area contributed by atoms with E-state index < -0.39 is 0 Å². The van der Waals surface area contributed by atoms with Crippen LogP contribution in [0.5, 0.6) is 0 Å². The number of benzene rings is 1. The molecule has 2 aromatic heterocycles. The number of aromatic nitrogens is 1. The van der Waals surface area contributed by atoms with Gasteiger partial charge in [0.15, 0.2) is 0 Å². The van der Waals surface area contributed by atoms with Crippen molar-refractivity contribution in [3.05, 3.63) is 68.7 Å². The Bertz CT molecular complexity index is 887. The lowest BCUT2D eigenvalue weighted by molar-refractivity contribution is 0.550. The third-order valence-electron chi connectivity index (χ3n) is 3.43. The van der Waals surface area contributed by atoms with Crippen LogP contribution in [0.2, 0.25) is 5.02 Å². The topological polar surface area (TPSA) is 69.1 Å². The zero-order valence-corrected chi connectivity index (χ0v) is 12.1. The fraction of sp³-hybridized carbons (Fsp3) is 0.125. The second-order valence-electron chi connectivity index (χ2n) is 4.86. The van der Waals surface area contributed by atoms with Gasteiger partial charge in [0.25, 0.3) is 0 Å². The van der Waals surface area contributed by atoms with Crippen molar-refractivity contribution in [1.29, 1.82) is 0 Å². The minimum absolute atomic E-state index is 0.355. The molecular weight excluding hydrogens is 288 g/mol. The summed E-state index contributed by atoms with van der Waals surface area (Å²) in [5, 5.41) is 1.44. The van der Waals surface area contributed by atoms with E-state index in [1.54, 1.807) is 24.3 Å². The minimum Gasteiger partial charge on any atom is -0.423 e. The first-order valence-corrected chi connectivity index (χ1v) is 6.85. The second-order valence-corrected chi connectivity index (χ2v) is 5.30. The van der Waals surface area contributed by atoms with E-state index in [0.29, 0.717) is 28.4 Å². The summed E-state index contributed by atoms with van der Waals surface area (Å²) in [6, 6.07) is 10.5. The zero-order valence-electron chi connectivity index (χ0n) is 11.4. The van der Waals surface area contributed by atoms with Gasteiger partial charge in [0.1, 0.15) is 11.4 Å². The number of pyridine rings is 1. The van der Waals surface area contributed by atoms with Gasteiger partial charge in [0, 0.05) is 28.1 Å². The largest absolute Gasteiger partial charge is 0.423 e. The summed E-state index contributed by atoms with van der Waals surface area (Å²) >= 11 is 6.02. The van der Waals surface area contributed by atoms with E-state index in [0.717, 1.165) is 16.6 Å². The highest BCUT2D eigenvalue weighted by Crippen LogP contribution is 2.24. The van der Waals surface area contributed by atoms with Gasteiger partial charge in [0.2, 0.25) is 0 Å². The molecule has 0 aliphatic heterocycles. The third-order valence-corrected chi connectivity index (χ3v) is 3.67. The van der Waals surface area contributed by atoms with Crippen molar-refractivity contribution in [2.75, 3.05) is 5.73 Å². The number of nitrogen functional groups attached to an aromatic ring is 1. The summed E-state index contributed by atoms with van der Waals surface area (Å²) in [7, 11) is 0. The van der Waals surface area contributed by atoms with Gasteiger partial charge in [0.05, 0.1) is 0 Å². The number of hydrogen-bond donors (Lipinski definition) is 1. The molecular formula is C16H13ClN2O2. The van der Waals surface area contributed by atoms with E-state index in [1.165, 1.54) is 0 Å². The molecule has 106 valence electrons. The van der Waals surface area contributed by atoms with Gasteiger partial charge in [-0.15, -0.1) is 0 Å². The van der Waals surface area contributed by atoms with Crippen molar-refractivity contribution in [3.63, 3.8) is 0 Å². The number of anilines is 1.